The predicted molar refractivity (Wildman–Crippen MR) is 82.3 cm³/mol. The van der Waals surface area contributed by atoms with E-state index in [0.29, 0.717) is 12.5 Å². The maximum atomic E-state index is 5.41. The number of rotatable bonds is 4. The first kappa shape index (κ1) is 15.1. The van der Waals surface area contributed by atoms with E-state index in [1.54, 1.807) is 7.11 Å². The van der Waals surface area contributed by atoms with Gasteiger partial charge in [0.15, 0.2) is 0 Å². The Hall–Kier alpha value is -1.34. The molecule has 0 aliphatic carbocycles. The van der Waals surface area contributed by atoms with E-state index in [9.17, 15) is 0 Å². The predicted octanol–water partition coefficient (Wildman–Crippen LogP) is 1.86. The minimum Gasteiger partial charge on any atom is -0.384 e. The van der Waals surface area contributed by atoms with Crippen molar-refractivity contribution in [3.8, 4) is 11.8 Å². The minimum atomic E-state index is 0.412. The highest BCUT2D eigenvalue weighted by Crippen LogP contribution is 2.19. The number of ether oxygens (including phenoxy) is 1. The van der Waals surface area contributed by atoms with Crippen LogP contribution in [0, 0.1) is 17.8 Å². The van der Waals surface area contributed by atoms with Gasteiger partial charge in [0.05, 0.1) is 13.2 Å². The van der Waals surface area contributed by atoms with Crippen LogP contribution in [0.5, 0.6) is 0 Å². The van der Waals surface area contributed by atoms with Crippen LogP contribution in [0.3, 0.4) is 0 Å². The van der Waals surface area contributed by atoms with Gasteiger partial charge < -0.3 is 10.5 Å². The molecule has 1 heterocycles. The zero-order valence-electron chi connectivity index (χ0n) is 12.3. The molecule has 0 radical (unpaired) electrons. The zero-order chi connectivity index (χ0) is 14.2. The number of hydrogen-bond acceptors (Lipinski definition) is 3. The van der Waals surface area contributed by atoms with Crippen LogP contribution in [0.25, 0.3) is 0 Å². The summed E-state index contributed by atoms with van der Waals surface area (Å²) in [6.07, 6.45) is 2.55. The van der Waals surface area contributed by atoms with Gasteiger partial charge in [0.25, 0.3) is 0 Å². The Morgan fingerprint density at radius 1 is 1.45 bits per heavy atom. The number of hydrogen-bond donors (Lipinski definition) is 1. The Morgan fingerprint density at radius 2 is 2.35 bits per heavy atom. The Balaban J connectivity index is 1.95. The summed E-state index contributed by atoms with van der Waals surface area (Å²) in [6, 6.07) is 8.46. The molecule has 2 rings (SSSR count). The summed E-state index contributed by atoms with van der Waals surface area (Å²) >= 11 is 0. The highest BCUT2D eigenvalue weighted by atomic mass is 16.5. The lowest BCUT2D eigenvalue weighted by molar-refractivity contribution is 0.0874. The van der Waals surface area contributed by atoms with Crippen LogP contribution in [-0.2, 0) is 11.3 Å². The summed E-state index contributed by atoms with van der Waals surface area (Å²) in [5, 5.41) is 0. The number of methoxy groups -OCH3 is 1. The molecule has 1 aromatic carbocycles. The fourth-order valence-electron chi connectivity index (χ4n) is 2.83. The number of benzene rings is 1. The molecule has 20 heavy (non-hydrogen) atoms. The van der Waals surface area contributed by atoms with Crippen LogP contribution in [-0.4, -0.2) is 38.3 Å². The van der Waals surface area contributed by atoms with E-state index in [1.165, 1.54) is 24.9 Å². The van der Waals surface area contributed by atoms with E-state index in [1.807, 2.05) is 6.07 Å². The molecule has 108 valence electrons. The Labute approximate surface area is 122 Å². The molecular weight excluding hydrogens is 248 g/mol. The molecule has 1 aromatic rings. The van der Waals surface area contributed by atoms with E-state index in [-0.39, 0.29) is 0 Å². The molecule has 1 atom stereocenters. The highest BCUT2D eigenvalue weighted by Gasteiger charge is 2.19. The molecule has 1 fully saturated rings. The molecule has 1 saturated heterocycles. The summed E-state index contributed by atoms with van der Waals surface area (Å²) in [5.74, 6) is 6.68. The van der Waals surface area contributed by atoms with Crippen molar-refractivity contribution < 1.29 is 4.74 Å². The Bertz CT molecular complexity index is 473. The monoisotopic (exact) mass is 272 g/mol. The fraction of sp³-hybridized carbons (Fsp3) is 0.529. The standard InChI is InChI=1S/C17H24N2O/c1-20-14-17-8-4-10-19(13-17)12-16-6-2-5-15(11-16)7-3-9-18/h2,5-6,11,17H,4,8-10,12-14,18H2,1H3. The average Bonchev–Trinajstić information content (AvgIpc) is 2.46. The second-order valence-corrected chi connectivity index (χ2v) is 5.40. The lowest BCUT2D eigenvalue weighted by Gasteiger charge is -2.32. The molecule has 3 nitrogen and oxygen atoms in total. The first-order valence-corrected chi connectivity index (χ1v) is 7.31. The maximum absolute atomic E-state index is 5.41. The van der Waals surface area contributed by atoms with E-state index < -0.39 is 0 Å². The zero-order valence-corrected chi connectivity index (χ0v) is 12.3. The molecule has 0 aromatic heterocycles. The van der Waals surface area contributed by atoms with E-state index in [0.717, 1.165) is 25.3 Å². The Kier molecular flexibility index (Phi) is 6.07. The van der Waals surface area contributed by atoms with Gasteiger partial charge in [-0.25, -0.2) is 0 Å². The molecular formula is C17H24N2O. The third-order valence-electron chi connectivity index (χ3n) is 3.67. The normalized spacial score (nSPS) is 19.4. The molecule has 1 aliphatic rings. The third-order valence-corrected chi connectivity index (χ3v) is 3.67. The summed E-state index contributed by atoms with van der Waals surface area (Å²) in [5.41, 5.74) is 7.79. The molecule has 0 bridgehead atoms. The molecule has 1 unspecified atom stereocenters. The molecule has 1 aliphatic heterocycles. The summed E-state index contributed by atoms with van der Waals surface area (Å²) in [6.45, 7) is 4.59. The first-order chi connectivity index (χ1) is 9.81. The van der Waals surface area contributed by atoms with Crippen molar-refractivity contribution in [3.05, 3.63) is 35.4 Å². The number of nitrogens with two attached hydrogens (primary N) is 1. The van der Waals surface area contributed by atoms with Crippen LogP contribution < -0.4 is 5.73 Å². The summed E-state index contributed by atoms with van der Waals surface area (Å²) in [7, 11) is 1.79. The maximum Gasteiger partial charge on any atom is 0.0555 e. The van der Waals surface area contributed by atoms with Crippen LogP contribution in [0.1, 0.15) is 24.0 Å². The van der Waals surface area contributed by atoms with Crippen molar-refractivity contribution in [1.29, 1.82) is 0 Å². The Morgan fingerprint density at radius 3 is 3.15 bits per heavy atom. The van der Waals surface area contributed by atoms with Gasteiger partial charge >= 0.3 is 0 Å². The van der Waals surface area contributed by atoms with Gasteiger partial charge in [-0.15, -0.1) is 0 Å². The van der Waals surface area contributed by atoms with Crippen LogP contribution >= 0.6 is 0 Å². The highest BCUT2D eigenvalue weighted by molar-refractivity contribution is 5.37. The fourth-order valence-corrected chi connectivity index (χ4v) is 2.83. The van der Waals surface area contributed by atoms with Crippen molar-refractivity contribution in [1.82, 2.24) is 4.90 Å². The van der Waals surface area contributed by atoms with Crippen molar-refractivity contribution >= 4 is 0 Å². The lowest BCUT2D eigenvalue weighted by Crippen LogP contribution is -2.36. The second-order valence-electron chi connectivity index (χ2n) is 5.40. The molecule has 3 heteroatoms. The summed E-state index contributed by atoms with van der Waals surface area (Å²) in [4.78, 5) is 2.52. The molecule has 2 N–H and O–H groups in total. The minimum absolute atomic E-state index is 0.412. The van der Waals surface area contributed by atoms with Crippen molar-refractivity contribution in [2.45, 2.75) is 19.4 Å². The molecule has 0 spiro atoms. The van der Waals surface area contributed by atoms with Gasteiger partial charge in [-0.1, -0.05) is 24.0 Å². The topological polar surface area (TPSA) is 38.5 Å². The average molecular weight is 272 g/mol. The van der Waals surface area contributed by atoms with Crippen LogP contribution in [0.4, 0.5) is 0 Å². The van der Waals surface area contributed by atoms with Crippen molar-refractivity contribution in [2.75, 3.05) is 33.4 Å². The van der Waals surface area contributed by atoms with Crippen LogP contribution in [0.2, 0.25) is 0 Å². The molecule has 0 saturated carbocycles. The van der Waals surface area contributed by atoms with Gasteiger partial charge in [0.2, 0.25) is 0 Å². The van der Waals surface area contributed by atoms with Gasteiger partial charge in [0, 0.05) is 25.8 Å². The van der Waals surface area contributed by atoms with Crippen molar-refractivity contribution in [2.24, 2.45) is 11.7 Å². The van der Waals surface area contributed by atoms with Crippen LogP contribution in [0.15, 0.2) is 24.3 Å². The number of piperidine rings is 1. The van der Waals surface area contributed by atoms with E-state index in [4.69, 9.17) is 10.5 Å². The van der Waals surface area contributed by atoms with E-state index >= 15 is 0 Å². The number of nitrogens with zero attached hydrogens (tertiary/aromatic N) is 1. The summed E-state index contributed by atoms with van der Waals surface area (Å²) < 4.78 is 5.29. The largest absolute Gasteiger partial charge is 0.384 e. The SMILES string of the molecule is COCC1CCCN(Cc2cccc(C#CCN)c2)C1. The lowest BCUT2D eigenvalue weighted by atomic mass is 9.98. The smallest absolute Gasteiger partial charge is 0.0555 e. The van der Waals surface area contributed by atoms with E-state index in [2.05, 4.69) is 34.9 Å². The van der Waals surface area contributed by atoms with Gasteiger partial charge in [-0.05, 0) is 43.0 Å². The quantitative estimate of drug-likeness (QED) is 0.850. The third kappa shape index (κ3) is 4.64. The number of likely N-dealkylation sites (tertiary alicyclic amines) is 1. The van der Waals surface area contributed by atoms with Gasteiger partial charge in [0.1, 0.15) is 0 Å². The molecule has 0 amide bonds. The second kappa shape index (κ2) is 8.06. The van der Waals surface area contributed by atoms with Gasteiger partial charge in [-0.2, -0.15) is 0 Å². The van der Waals surface area contributed by atoms with Crippen molar-refractivity contribution in [3.63, 3.8) is 0 Å². The van der Waals surface area contributed by atoms with Gasteiger partial charge in [-0.3, -0.25) is 4.90 Å². The first-order valence-electron chi connectivity index (χ1n) is 7.31.